The Hall–Kier alpha value is -1.85. The third-order valence-corrected chi connectivity index (χ3v) is 1.79. The fourth-order valence-corrected chi connectivity index (χ4v) is 1.13. The second-order valence-electron chi connectivity index (χ2n) is 4.60. The summed E-state index contributed by atoms with van der Waals surface area (Å²) < 4.78 is 4.93. The van der Waals surface area contributed by atoms with Crippen LogP contribution < -0.4 is 15.4 Å². The van der Waals surface area contributed by atoms with E-state index in [0.717, 1.165) is 0 Å². The summed E-state index contributed by atoms with van der Waals surface area (Å²) in [4.78, 5) is 19.5. The fraction of sp³-hybridized carbons (Fsp3) is 0.545. The monoisotopic (exact) mass is 238 g/mol. The lowest BCUT2D eigenvalue weighted by atomic mass is 10.1. The highest BCUT2D eigenvalue weighted by Gasteiger charge is 2.13. The van der Waals surface area contributed by atoms with Gasteiger partial charge in [0.25, 0.3) is 0 Å². The Morgan fingerprint density at radius 3 is 2.41 bits per heavy atom. The molecule has 0 atom stereocenters. The molecule has 1 rings (SSSR count). The normalized spacial score (nSPS) is 10.8. The van der Waals surface area contributed by atoms with E-state index in [1.165, 1.54) is 12.4 Å². The smallest absolute Gasteiger partial charge is 0.239 e. The molecule has 1 heterocycles. The molecule has 0 aliphatic carbocycles. The Kier molecular flexibility index (Phi) is 4.25. The van der Waals surface area contributed by atoms with E-state index < -0.39 is 0 Å². The summed E-state index contributed by atoms with van der Waals surface area (Å²) in [7, 11) is 1.54. The van der Waals surface area contributed by atoms with Crippen molar-refractivity contribution in [1.29, 1.82) is 0 Å². The van der Waals surface area contributed by atoms with Crippen LogP contribution in [0.1, 0.15) is 20.8 Å². The van der Waals surface area contributed by atoms with Crippen molar-refractivity contribution in [2.75, 3.05) is 19.0 Å². The Bertz CT molecular complexity index is 370. The standard InChI is InChI=1S/C11H18N4O2/c1-11(2,3)15-9(16)7-14-10-12-5-8(17-4)6-13-10/h5-6H,7H2,1-4H3,(H,15,16)(H,12,13,14). The zero-order valence-corrected chi connectivity index (χ0v) is 10.6. The molecule has 1 aromatic heterocycles. The fourth-order valence-electron chi connectivity index (χ4n) is 1.13. The molecule has 2 N–H and O–H groups in total. The first-order valence-electron chi connectivity index (χ1n) is 5.31. The van der Waals surface area contributed by atoms with Crippen molar-refractivity contribution in [1.82, 2.24) is 15.3 Å². The van der Waals surface area contributed by atoms with E-state index in [9.17, 15) is 4.79 Å². The van der Waals surface area contributed by atoms with E-state index >= 15 is 0 Å². The molecule has 0 spiro atoms. The molecular formula is C11H18N4O2. The molecule has 0 saturated heterocycles. The third kappa shape index (κ3) is 5.14. The maximum Gasteiger partial charge on any atom is 0.239 e. The highest BCUT2D eigenvalue weighted by molar-refractivity contribution is 5.80. The first-order valence-corrected chi connectivity index (χ1v) is 5.31. The molecule has 1 amide bonds. The van der Waals surface area contributed by atoms with Crippen LogP contribution in [-0.4, -0.2) is 35.1 Å². The minimum atomic E-state index is -0.237. The molecule has 17 heavy (non-hydrogen) atoms. The zero-order chi connectivity index (χ0) is 12.9. The minimum absolute atomic E-state index is 0.100. The van der Waals surface area contributed by atoms with Crippen molar-refractivity contribution in [2.24, 2.45) is 0 Å². The van der Waals surface area contributed by atoms with Gasteiger partial charge >= 0.3 is 0 Å². The summed E-state index contributed by atoms with van der Waals surface area (Å²) in [6.45, 7) is 5.92. The van der Waals surface area contributed by atoms with E-state index in [1.807, 2.05) is 20.8 Å². The van der Waals surface area contributed by atoms with Crippen LogP contribution in [0.3, 0.4) is 0 Å². The van der Waals surface area contributed by atoms with Crippen molar-refractivity contribution in [3.63, 3.8) is 0 Å². The summed E-state index contributed by atoms with van der Waals surface area (Å²) in [6, 6.07) is 0. The van der Waals surface area contributed by atoms with E-state index in [4.69, 9.17) is 4.74 Å². The van der Waals surface area contributed by atoms with Crippen LogP contribution in [0.4, 0.5) is 5.95 Å². The van der Waals surface area contributed by atoms with E-state index in [0.29, 0.717) is 11.7 Å². The van der Waals surface area contributed by atoms with Gasteiger partial charge in [0.1, 0.15) is 0 Å². The largest absolute Gasteiger partial charge is 0.494 e. The lowest BCUT2D eigenvalue weighted by Gasteiger charge is -2.20. The van der Waals surface area contributed by atoms with Crippen LogP contribution in [0.2, 0.25) is 0 Å². The SMILES string of the molecule is COc1cnc(NCC(=O)NC(C)(C)C)nc1. The first kappa shape index (κ1) is 13.2. The maximum absolute atomic E-state index is 11.5. The number of methoxy groups -OCH3 is 1. The van der Waals surface area contributed by atoms with Crippen LogP contribution in [0.5, 0.6) is 5.75 Å². The molecule has 0 radical (unpaired) electrons. The summed E-state index contributed by atoms with van der Waals surface area (Å²) in [6.07, 6.45) is 3.08. The number of hydrogen-bond donors (Lipinski definition) is 2. The molecular weight excluding hydrogens is 220 g/mol. The molecule has 0 aromatic carbocycles. The van der Waals surface area contributed by atoms with Crippen molar-refractivity contribution >= 4 is 11.9 Å². The number of carbonyl (C=O) groups excluding carboxylic acids is 1. The molecule has 0 bridgehead atoms. The number of nitrogens with one attached hydrogen (secondary N) is 2. The topological polar surface area (TPSA) is 76.1 Å². The second kappa shape index (κ2) is 5.47. The van der Waals surface area contributed by atoms with Gasteiger partial charge in [0.05, 0.1) is 26.0 Å². The van der Waals surface area contributed by atoms with Gasteiger partial charge in [0.15, 0.2) is 5.75 Å². The quantitative estimate of drug-likeness (QED) is 0.812. The molecule has 1 aromatic rings. The number of ether oxygens (including phenoxy) is 1. The van der Waals surface area contributed by atoms with E-state index in [1.54, 1.807) is 7.11 Å². The van der Waals surface area contributed by atoms with Crippen LogP contribution in [0, 0.1) is 0 Å². The van der Waals surface area contributed by atoms with Gasteiger partial charge in [-0.25, -0.2) is 9.97 Å². The summed E-state index contributed by atoms with van der Waals surface area (Å²) in [5, 5.41) is 5.66. The number of aromatic nitrogens is 2. The number of carbonyl (C=O) groups is 1. The van der Waals surface area contributed by atoms with Gasteiger partial charge in [-0.15, -0.1) is 0 Å². The van der Waals surface area contributed by atoms with Crippen molar-refractivity contribution in [2.45, 2.75) is 26.3 Å². The number of hydrogen-bond acceptors (Lipinski definition) is 5. The number of anilines is 1. The molecule has 0 aliphatic heterocycles. The number of nitrogens with zero attached hydrogens (tertiary/aromatic N) is 2. The maximum atomic E-state index is 11.5. The number of amides is 1. The molecule has 94 valence electrons. The molecule has 0 aliphatic rings. The predicted molar refractivity (Wildman–Crippen MR) is 65.0 cm³/mol. The highest BCUT2D eigenvalue weighted by Crippen LogP contribution is 2.06. The summed E-state index contributed by atoms with van der Waals surface area (Å²) in [5.41, 5.74) is -0.237. The van der Waals surface area contributed by atoms with Crippen LogP contribution in [0.15, 0.2) is 12.4 Å². The van der Waals surface area contributed by atoms with Crippen LogP contribution >= 0.6 is 0 Å². The molecule has 0 saturated carbocycles. The van der Waals surface area contributed by atoms with E-state index in [-0.39, 0.29) is 18.0 Å². The lowest BCUT2D eigenvalue weighted by Crippen LogP contribution is -2.43. The highest BCUT2D eigenvalue weighted by atomic mass is 16.5. The molecule has 6 nitrogen and oxygen atoms in total. The summed E-state index contributed by atoms with van der Waals surface area (Å²) in [5.74, 6) is 0.876. The van der Waals surface area contributed by atoms with Crippen molar-refractivity contribution in [3.05, 3.63) is 12.4 Å². The first-order chi connectivity index (χ1) is 7.90. The Balaban J connectivity index is 2.42. The predicted octanol–water partition coefficient (Wildman–Crippen LogP) is 0.812. The van der Waals surface area contributed by atoms with Gasteiger partial charge in [0.2, 0.25) is 11.9 Å². The molecule has 0 unspecified atom stereocenters. The van der Waals surface area contributed by atoms with Gasteiger partial charge in [-0.2, -0.15) is 0 Å². The van der Waals surface area contributed by atoms with Crippen LogP contribution in [-0.2, 0) is 4.79 Å². The minimum Gasteiger partial charge on any atom is -0.494 e. The van der Waals surface area contributed by atoms with Gasteiger partial charge in [-0.1, -0.05) is 0 Å². The summed E-state index contributed by atoms with van der Waals surface area (Å²) >= 11 is 0. The average molecular weight is 238 g/mol. The average Bonchev–Trinajstić information content (AvgIpc) is 2.25. The van der Waals surface area contributed by atoms with Crippen LogP contribution in [0.25, 0.3) is 0 Å². The van der Waals surface area contributed by atoms with Gasteiger partial charge in [-0.3, -0.25) is 4.79 Å². The third-order valence-electron chi connectivity index (χ3n) is 1.79. The zero-order valence-electron chi connectivity index (χ0n) is 10.6. The Morgan fingerprint density at radius 2 is 1.94 bits per heavy atom. The Labute approximate surface area is 101 Å². The second-order valence-corrected chi connectivity index (χ2v) is 4.60. The van der Waals surface area contributed by atoms with Gasteiger partial charge < -0.3 is 15.4 Å². The van der Waals surface area contributed by atoms with Gasteiger partial charge in [0, 0.05) is 5.54 Å². The van der Waals surface area contributed by atoms with E-state index in [2.05, 4.69) is 20.6 Å². The lowest BCUT2D eigenvalue weighted by molar-refractivity contribution is -0.120. The number of rotatable bonds is 4. The molecule has 0 fully saturated rings. The van der Waals surface area contributed by atoms with Crippen molar-refractivity contribution in [3.8, 4) is 5.75 Å². The van der Waals surface area contributed by atoms with Gasteiger partial charge in [-0.05, 0) is 20.8 Å². The Morgan fingerprint density at radius 1 is 1.35 bits per heavy atom. The van der Waals surface area contributed by atoms with Crippen molar-refractivity contribution < 1.29 is 9.53 Å². The molecule has 6 heteroatoms.